The lowest BCUT2D eigenvalue weighted by molar-refractivity contribution is -0.160. The van der Waals surface area contributed by atoms with Crippen LogP contribution >= 0.6 is 0 Å². The molecule has 1 N–H and O–H groups in total. The van der Waals surface area contributed by atoms with Gasteiger partial charge in [-0.05, 0) is 31.1 Å². The van der Waals surface area contributed by atoms with Crippen molar-refractivity contribution in [2.45, 2.75) is 52.1 Å². The van der Waals surface area contributed by atoms with Crippen molar-refractivity contribution in [2.24, 2.45) is 11.3 Å². The molecule has 0 aromatic rings. The van der Waals surface area contributed by atoms with Crippen molar-refractivity contribution in [1.82, 2.24) is 10.2 Å². The van der Waals surface area contributed by atoms with Gasteiger partial charge in [-0.15, -0.1) is 0 Å². The quantitative estimate of drug-likeness (QED) is 0.845. The van der Waals surface area contributed by atoms with Crippen LogP contribution in [0.4, 0.5) is 4.39 Å². The van der Waals surface area contributed by atoms with E-state index >= 15 is 0 Å². The lowest BCUT2D eigenvalue weighted by atomic mass is 9.79. The first kappa shape index (κ1) is 14.3. The summed E-state index contributed by atoms with van der Waals surface area (Å²) < 4.78 is 12.8. The van der Waals surface area contributed by atoms with Crippen molar-refractivity contribution >= 4 is 11.8 Å². The monoisotopic (exact) mass is 270 g/mol. The summed E-state index contributed by atoms with van der Waals surface area (Å²) in [5.41, 5.74) is -1.24. The number of halogens is 1. The molecule has 2 atom stereocenters. The molecule has 0 aromatic heterocycles. The average molecular weight is 270 g/mol. The molecule has 0 aromatic carbocycles. The van der Waals surface area contributed by atoms with Crippen LogP contribution < -0.4 is 5.32 Å². The first-order valence-corrected chi connectivity index (χ1v) is 6.91. The van der Waals surface area contributed by atoms with Gasteiger partial charge in [-0.1, -0.05) is 20.8 Å². The maximum atomic E-state index is 12.8. The van der Waals surface area contributed by atoms with Gasteiger partial charge in [0.25, 0.3) is 0 Å². The molecule has 1 saturated carbocycles. The van der Waals surface area contributed by atoms with Crippen LogP contribution in [0.3, 0.4) is 0 Å². The smallest absolute Gasteiger partial charge is 0.249 e. The summed E-state index contributed by atoms with van der Waals surface area (Å²) in [6.07, 6.45) is 1.90. The number of nitrogens with zero attached hydrogens (tertiary/aromatic N) is 1. The number of rotatable bonds is 3. The number of hydrogen-bond donors (Lipinski definition) is 1. The van der Waals surface area contributed by atoms with Gasteiger partial charge in [0.15, 0.2) is 0 Å². The van der Waals surface area contributed by atoms with Crippen LogP contribution in [0.2, 0.25) is 0 Å². The van der Waals surface area contributed by atoms with Crippen LogP contribution in [-0.2, 0) is 9.59 Å². The lowest BCUT2D eigenvalue weighted by Gasteiger charge is -2.48. The third-order valence-corrected chi connectivity index (χ3v) is 4.19. The fourth-order valence-electron chi connectivity index (χ4n) is 3.05. The van der Waals surface area contributed by atoms with E-state index in [9.17, 15) is 14.0 Å². The molecule has 0 bridgehead atoms. The lowest BCUT2D eigenvalue weighted by Crippen LogP contribution is -2.72. The number of nitrogens with one attached hydrogen (secondary N) is 1. The van der Waals surface area contributed by atoms with E-state index < -0.39 is 23.7 Å². The van der Waals surface area contributed by atoms with E-state index in [1.165, 1.54) is 4.90 Å². The van der Waals surface area contributed by atoms with Crippen LogP contribution in [-0.4, -0.2) is 41.5 Å². The zero-order valence-corrected chi connectivity index (χ0v) is 12.1. The molecule has 1 heterocycles. The van der Waals surface area contributed by atoms with Gasteiger partial charge in [0.05, 0.1) is 0 Å². The van der Waals surface area contributed by atoms with Crippen LogP contribution in [0.5, 0.6) is 0 Å². The van der Waals surface area contributed by atoms with Gasteiger partial charge in [-0.2, -0.15) is 0 Å². The standard InChI is InChI=1S/C14H23FN2O2/c1-13(2,3)10-11(18)16-14(4,9-5-6-9)12(19)17(10)8-7-15/h9-10H,5-8H2,1-4H3,(H,16,18). The number of hydrogen-bond acceptors (Lipinski definition) is 2. The Morgan fingerprint density at radius 2 is 1.95 bits per heavy atom. The number of carbonyl (C=O) groups is 2. The molecule has 1 saturated heterocycles. The Morgan fingerprint density at radius 3 is 2.37 bits per heavy atom. The molecule has 2 aliphatic rings. The van der Waals surface area contributed by atoms with Crippen molar-refractivity contribution < 1.29 is 14.0 Å². The molecular weight excluding hydrogens is 247 g/mol. The molecule has 1 aliphatic carbocycles. The maximum absolute atomic E-state index is 12.8. The Kier molecular flexibility index (Phi) is 3.35. The number of alkyl halides is 1. The van der Waals surface area contributed by atoms with Crippen molar-refractivity contribution in [2.75, 3.05) is 13.2 Å². The number of piperazine rings is 1. The topological polar surface area (TPSA) is 49.4 Å². The van der Waals surface area contributed by atoms with Crippen molar-refractivity contribution in [1.29, 1.82) is 0 Å². The van der Waals surface area contributed by atoms with Crippen molar-refractivity contribution in [3.63, 3.8) is 0 Å². The fraction of sp³-hybridized carbons (Fsp3) is 0.857. The summed E-state index contributed by atoms with van der Waals surface area (Å²) in [7, 11) is 0. The van der Waals surface area contributed by atoms with Gasteiger partial charge in [0.2, 0.25) is 11.8 Å². The highest BCUT2D eigenvalue weighted by molar-refractivity contribution is 6.00. The van der Waals surface area contributed by atoms with E-state index in [1.54, 1.807) is 6.92 Å². The maximum Gasteiger partial charge on any atom is 0.249 e. The van der Waals surface area contributed by atoms with Crippen LogP contribution in [0.25, 0.3) is 0 Å². The molecule has 0 spiro atoms. The molecule has 19 heavy (non-hydrogen) atoms. The van der Waals surface area contributed by atoms with E-state index in [1.807, 2.05) is 20.8 Å². The zero-order chi connectivity index (χ0) is 14.4. The van der Waals surface area contributed by atoms with E-state index in [4.69, 9.17) is 0 Å². The molecule has 1 aliphatic heterocycles. The van der Waals surface area contributed by atoms with Crippen LogP contribution in [0.15, 0.2) is 0 Å². The Morgan fingerprint density at radius 1 is 1.37 bits per heavy atom. The van der Waals surface area contributed by atoms with Gasteiger partial charge < -0.3 is 10.2 Å². The second kappa shape index (κ2) is 4.46. The van der Waals surface area contributed by atoms with Crippen molar-refractivity contribution in [3.8, 4) is 0 Å². The summed E-state index contributed by atoms with van der Waals surface area (Å²) in [6, 6.07) is -0.595. The highest BCUT2D eigenvalue weighted by Gasteiger charge is 2.57. The average Bonchev–Trinajstić information content (AvgIpc) is 3.07. The highest BCUT2D eigenvalue weighted by Crippen LogP contribution is 2.43. The molecule has 2 rings (SSSR count). The van der Waals surface area contributed by atoms with Crippen molar-refractivity contribution in [3.05, 3.63) is 0 Å². The van der Waals surface area contributed by atoms with Gasteiger partial charge in [0.1, 0.15) is 18.3 Å². The zero-order valence-electron chi connectivity index (χ0n) is 12.1. The first-order valence-electron chi connectivity index (χ1n) is 6.91. The first-order chi connectivity index (χ1) is 8.71. The Hall–Kier alpha value is -1.13. The summed E-state index contributed by atoms with van der Waals surface area (Å²) >= 11 is 0. The molecule has 108 valence electrons. The third-order valence-electron chi connectivity index (χ3n) is 4.19. The van der Waals surface area contributed by atoms with Gasteiger partial charge in [0, 0.05) is 6.54 Å². The minimum absolute atomic E-state index is 0.00347. The SMILES string of the molecule is CC(C)(C)C1C(=O)NC(C)(C2CC2)C(=O)N1CCF. The minimum Gasteiger partial charge on any atom is -0.340 e. The second-order valence-electron chi connectivity index (χ2n) is 6.92. The van der Waals surface area contributed by atoms with E-state index in [2.05, 4.69) is 5.32 Å². The van der Waals surface area contributed by atoms with Gasteiger partial charge in [-0.3, -0.25) is 9.59 Å². The number of amides is 2. The van der Waals surface area contributed by atoms with Gasteiger partial charge in [-0.25, -0.2) is 4.39 Å². The minimum atomic E-state index is -0.839. The van der Waals surface area contributed by atoms with Crippen LogP contribution in [0.1, 0.15) is 40.5 Å². The van der Waals surface area contributed by atoms with E-state index in [-0.39, 0.29) is 24.3 Å². The third kappa shape index (κ3) is 2.35. The van der Waals surface area contributed by atoms with E-state index in [0.29, 0.717) is 0 Å². The Bertz CT molecular complexity index is 401. The fourth-order valence-corrected chi connectivity index (χ4v) is 3.05. The van der Waals surface area contributed by atoms with E-state index in [0.717, 1.165) is 12.8 Å². The normalized spacial score (nSPS) is 32.5. The molecule has 2 fully saturated rings. The summed E-state index contributed by atoms with van der Waals surface area (Å²) in [6.45, 7) is 6.85. The highest BCUT2D eigenvalue weighted by atomic mass is 19.1. The second-order valence-corrected chi connectivity index (χ2v) is 6.92. The summed E-state index contributed by atoms with van der Waals surface area (Å²) in [4.78, 5) is 26.5. The molecule has 2 amide bonds. The predicted octanol–water partition coefficient (Wildman–Crippen LogP) is 1.50. The van der Waals surface area contributed by atoms with Crippen LogP contribution in [0, 0.1) is 11.3 Å². The molecule has 2 unspecified atom stereocenters. The number of carbonyl (C=O) groups excluding carboxylic acids is 2. The summed E-state index contributed by atoms with van der Waals surface area (Å²) in [5.74, 6) is -0.0888. The van der Waals surface area contributed by atoms with Gasteiger partial charge >= 0.3 is 0 Å². The largest absolute Gasteiger partial charge is 0.340 e. The Labute approximate surface area is 113 Å². The predicted molar refractivity (Wildman–Crippen MR) is 70.2 cm³/mol. The summed E-state index contributed by atoms with van der Waals surface area (Å²) in [5, 5.41) is 2.90. The molecule has 4 nitrogen and oxygen atoms in total. The molecule has 0 radical (unpaired) electrons. The molecular formula is C14H23FN2O2. The Balaban J connectivity index is 2.34. The molecule has 5 heteroatoms.